The first-order chi connectivity index (χ1) is 11.9. The van der Waals surface area contributed by atoms with Crippen LogP contribution < -0.4 is 0 Å². The van der Waals surface area contributed by atoms with E-state index in [1.165, 1.54) is 0 Å². The molecule has 1 saturated carbocycles. The van der Waals surface area contributed by atoms with Gasteiger partial charge >= 0.3 is 0 Å². The molecule has 0 spiro atoms. The maximum absolute atomic E-state index is 15.2. The molecule has 1 fully saturated rings. The Labute approximate surface area is 146 Å². The van der Waals surface area contributed by atoms with Crippen molar-refractivity contribution >= 4 is 11.2 Å². The SMILES string of the molecule is CC(C)(C)c1nc(C2(F)CCC2)c2nnn(Cc3ccccc3)c2n1. The van der Waals surface area contributed by atoms with Gasteiger partial charge in [-0.2, -0.15) is 0 Å². The molecule has 2 heterocycles. The fraction of sp³-hybridized carbons (Fsp3) is 0.474. The smallest absolute Gasteiger partial charge is 0.182 e. The Bertz CT molecular complexity index is 907. The summed E-state index contributed by atoms with van der Waals surface area (Å²) in [4.78, 5) is 9.28. The van der Waals surface area contributed by atoms with Gasteiger partial charge in [-0.05, 0) is 24.8 Å². The first kappa shape index (κ1) is 16.1. The van der Waals surface area contributed by atoms with Crippen molar-refractivity contribution in [1.29, 1.82) is 0 Å². The van der Waals surface area contributed by atoms with E-state index in [0.29, 0.717) is 42.1 Å². The number of benzene rings is 1. The molecule has 0 unspecified atom stereocenters. The van der Waals surface area contributed by atoms with Gasteiger partial charge in [0.25, 0.3) is 0 Å². The number of halogens is 1. The van der Waals surface area contributed by atoms with Gasteiger partial charge in [-0.25, -0.2) is 19.0 Å². The van der Waals surface area contributed by atoms with Crippen LogP contribution in [-0.2, 0) is 17.6 Å². The van der Waals surface area contributed by atoms with Gasteiger partial charge in [0.15, 0.2) is 16.8 Å². The highest BCUT2D eigenvalue weighted by atomic mass is 19.1. The van der Waals surface area contributed by atoms with E-state index in [1.54, 1.807) is 4.68 Å². The minimum Gasteiger partial charge on any atom is -0.237 e. The number of aromatic nitrogens is 5. The standard InChI is InChI=1S/C19H22FN5/c1-18(2,3)17-21-15(19(20)10-7-11-19)14-16(22-17)25(24-23-14)12-13-8-5-4-6-9-13/h4-6,8-9H,7,10-12H2,1-3H3. The summed E-state index contributed by atoms with van der Waals surface area (Å²) >= 11 is 0. The molecule has 1 aliphatic carbocycles. The molecule has 1 aromatic carbocycles. The van der Waals surface area contributed by atoms with Gasteiger partial charge < -0.3 is 0 Å². The second-order valence-corrected chi connectivity index (χ2v) is 7.87. The van der Waals surface area contributed by atoms with Gasteiger partial charge in [0.1, 0.15) is 11.5 Å². The highest BCUT2D eigenvalue weighted by Gasteiger charge is 2.43. The van der Waals surface area contributed by atoms with Gasteiger partial charge in [-0.1, -0.05) is 56.3 Å². The van der Waals surface area contributed by atoms with Crippen LogP contribution in [0.25, 0.3) is 11.2 Å². The molecule has 0 aliphatic heterocycles. The highest BCUT2D eigenvalue weighted by molar-refractivity contribution is 5.74. The Morgan fingerprint density at radius 3 is 2.44 bits per heavy atom. The molecule has 0 radical (unpaired) electrons. The average Bonchev–Trinajstić information content (AvgIpc) is 2.95. The molecule has 2 aromatic heterocycles. The van der Waals surface area contributed by atoms with Crippen LogP contribution in [0, 0.1) is 0 Å². The summed E-state index contributed by atoms with van der Waals surface area (Å²) in [5.41, 5.74) is 0.951. The van der Waals surface area contributed by atoms with Crippen LogP contribution in [0.2, 0.25) is 0 Å². The monoisotopic (exact) mass is 339 g/mol. The van der Waals surface area contributed by atoms with Crippen LogP contribution in [0.3, 0.4) is 0 Å². The molecular formula is C19H22FN5. The molecule has 5 nitrogen and oxygen atoms in total. The van der Waals surface area contributed by atoms with E-state index in [0.717, 1.165) is 12.0 Å². The topological polar surface area (TPSA) is 56.5 Å². The molecule has 0 atom stereocenters. The van der Waals surface area contributed by atoms with Crippen molar-refractivity contribution in [3.8, 4) is 0 Å². The molecule has 6 heteroatoms. The molecule has 25 heavy (non-hydrogen) atoms. The Kier molecular flexibility index (Phi) is 3.60. The fourth-order valence-corrected chi connectivity index (χ4v) is 3.09. The van der Waals surface area contributed by atoms with E-state index >= 15 is 4.39 Å². The van der Waals surface area contributed by atoms with Crippen molar-refractivity contribution < 1.29 is 4.39 Å². The highest BCUT2D eigenvalue weighted by Crippen LogP contribution is 2.46. The number of rotatable bonds is 3. The second kappa shape index (κ2) is 5.58. The third-order valence-corrected chi connectivity index (χ3v) is 4.78. The van der Waals surface area contributed by atoms with Gasteiger partial charge in [-0.3, -0.25) is 0 Å². The van der Waals surface area contributed by atoms with Crippen molar-refractivity contribution in [3.63, 3.8) is 0 Å². The fourth-order valence-electron chi connectivity index (χ4n) is 3.09. The lowest BCUT2D eigenvalue weighted by atomic mass is 9.79. The van der Waals surface area contributed by atoms with Crippen molar-refractivity contribution in [2.45, 2.75) is 57.7 Å². The van der Waals surface area contributed by atoms with Crippen LogP contribution >= 0.6 is 0 Å². The molecule has 0 bridgehead atoms. The number of hydrogen-bond donors (Lipinski definition) is 0. The molecule has 4 rings (SSSR count). The minimum atomic E-state index is -1.39. The van der Waals surface area contributed by atoms with E-state index in [9.17, 15) is 0 Å². The quantitative estimate of drug-likeness (QED) is 0.726. The number of hydrogen-bond acceptors (Lipinski definition) is 4. The van der Waals surface area contributed by atoms with Crippen molar-refractivity contribution in [1.82, 2.24) is 25.0 Å². The van der Waals surface area contributed by atoms with E-state index in [2.05, 4.69) is 15.3 Å². The summed E-state index contributed by atoms with van der Waals surface area (Å²) in [6, 6.07) is 10.0. The minimum absolute atomic E-state index is 0.273. The first-order valence-corrected chi connectivity index (χ1v) is 8.72. The lowest BCUT2D eigenvalue weighted by Gasteiger charge is -2.33. The Morgan fingerprint density at radius 2 is 1.84 bits per heavy atom. The molecular weight excluding hydrogens is 317 g/mol. The van der Waals surface area contributed by atoms with Crippen molar-refractivity contribution in [2.75, 3.05) is 0 Å². The zero-order valence-corrected chi connectivity index (χ0v) is 14.8. The predicted octanol–water partition coefficient (Wildman–Crippen LogP) is 3.92. The Hall–Kier alpha value is -2.37. The zero-order chi connectivity index (χ0) is 17.7. The third kappa shape index (κ3) is 2.79. The lowest BCUT2D eigenvalue weighted by molar-refractivity contribution is 0.0570. The zero-order valence-electron chi connectivity index (χ0n) is 14.8. The number of nitrogens with zero attached hydrogens (tertiary/aromatic N) is 5. The first-order valence-electron chi connectivity index (χ1n) is 8.72. The van der Waals surface area contributed by atoms with E-state index < -0.39 is 5.67 Å². The summed E-state index contributed by atoms with van der Waals surface area (Å²) in [7, 11) is 0. The molecule has 0 saturated heterocycles. The van der Waals surface area contributed by atoms with Crippen LogP contribution in [0.1, 0.15) is 57.1 Å². The van der Waals surface area contributed by atoms with Crippen molar-refractivity contribution in [2.24, 2.45) is 0 Å². The van der Waals surface area contributed by atoms with Gasteiger partial charge in [0, 0.05) is 5.41 Å². The molecule has 130 valence electrons. The average molecular weight is 339 g/mol. The van der Waals surface area contributed by atoms with E-state index in [1.807, 2.05) is 51.1 Å². The largest absolute Gasteiger partial charge is 0.237 e. The molecule has 0 N–H and O–H groups in total. The summed E-state index contributed by atoms with van der Waals surface area (Å²) in [6.45, 7) is 6.66. The second-order valence-electron chi connectivity index (χ2n) is 7.87. The summed E-state index contributed by atoms with van der Waals surface area (Å²) in [5.74, 6) is 0.635. The summed E-state index contributed by atoms with van der Waals surface area (Å²) < 4.78 is 16.9. The number of fused-ring (bicyclic) bond motifs is 1. The molecule has 3 aromatic rings. The third-order valence-electron chi connectivity index (χ3n) is 4.78. The Balaban J connectivity index is 1.88. The predicted molar refractivity (Wildman–Crippen MR) is 94.0 cm³/mol. The number of alkyl halides is 1. The molecule has 0 amide bonds. The van der Waals surface area contributed by atoms with Crippen LogP contribution in [-0.4, -0.2) is 25.0 Å². The van der Waals surface area contributed by atoms with Gasteiger partial charge in [0.2, 0.25) is 0 Å². The molecule has 1 aliphatic rings. The van der Waals surface area contributed by atoms with Crippen LogP contribution in [0.4, 0.5) is 4.39 Å². The van der Waals surface area contributed by atoms with Gasteiger partial charge in [-0.15, -0.1) is 5.10 Å². The van der Waals surface area contributed by atoms with E-state index in [4.69, 9.17) is 4.98 Å². The summed E-state index contributed by atoms with van der Waals surface area (Å²) in [6.07, 6.45) is 1.87. The van der Waals surface area contributed by atoms with Crippen LogP contribution in [0.15, 0.2) is 30.3 Å². The maximum Gasteiger partial charge on any atom is 0.182 e. The van der Waals surface area contributed by atoms with E-state index in [-0.39, 0.29) is 5.41 Å². The van der Waals surface area contributed by atoms with Crippen molar-refractivity contribution in [3.05, 3.63) is 47.4 Å². The van der Waals surface area contributed by atoms with Gasteiger partial charge in [0.05, 0.1) is 6.54 Å². The van der Waals surface area contributed by atoms with Crippen LogP contribution in [0.5, 0.6) is 0 Å². The Morgan fingerprint density at radius 1 is 1.12 bits per heavy atom. The summed E-state index contributed by atoms with van der Waals surface area (Å²) in [5, 5.41) is 8.48. The lowest BCUT2D eigenvalue weighted by Crippen LogP contribution is -2.32. The normalized spacial score (nSPS) is 16.8. The maximum atomic E-state index is 15.2.